The first kappa shape index (κ1) is 10.6. The van der Waals surface area contributed by atoms with Crippen LogP contribution < -0.4 is 5.14 Å². The molecular formula is C9H9NO3S2. The Morgan fingerprint density at radius 1 is 1.33 bits per heavy atom. The molecule has 0 saturated carbocycles. The third kappa shape index (κ3) is 2.75. The number of fused-ring (bicyclic) bond motifs is 1. The molecule has 0 aliphatic heterocycles. The van der Waals surface area contributed by atoms with E-state index in [4.69, 9.17) is 5.14 Å². The van der Waals surface area contributed by atoms with Crippen LogP contribution >= 0.6 is 11.3 Å². The summed E-state index contributed by atoms with van der Waals surface area (Å²) < 4.78 is 26.8. The summed E-state index contributed by atoms with van der Waals surface area (Å²) in [4.78, 5) is 0.838. The smallest absolute Gasteiger partial charge is 0.253 e. The average Bonchev–Trinajstić information content (AvgIpc) is 2.56. The average molecular weight is 243 g/mol. The maximum Gasteiger partial charge on any atom is 0.333 e. The summed E-state index contributed by atoms with van der Waals surface area (Å²) in [5.74, 6) is 0. The summed E-state index contributed by atoms with van der Waals surface area (Å²) in [7, 11) is -3.85. The Balaban J connectivity index is 2.23. The lowest BCUT2D eigenvalue weighted by Gasteiger charge is -1.96. The van der Waals surface area contributed by atoms with Gasteiger partial charge in [0.05, 0.1) is 0 Å². The molecule has 0 radical (unpaired) electrons. The van der Waals surface area contributed by atoms with Gasteiger partial charge in [0, 0.05) is 9.58 Å². The van der Waals surface area contributed by atoms with Crippen molar-refractivity contribution in [2.45, 2.75) is 6.61 Å². The van der Waals surface area contributed by atoms with Crippen LogP contribution in [0.15, 0.2) is 30.3 Å². The van der Waals surface area contributed by atoms with Crippen LogP contribution in [0, 0.1) is 0 Å². The van der Waals surface area contributed by atoms with E-state index in [2.05, 4.69) is 4.18 Å². The van der Waals surface area contributed by atoms with E-state index in [0.717, 1.165) is 15.0 Å². The zero-order valence-electron chi connectivity index (χ0n) is 7.71. The minimum Gasteiger partial charge on any atom is -0.253 e. The Morgan fingerprint density at radius 3 is 2.73 bits per heavy atom. The van der Waals surface area contributed by atoms with Crippen LogP contribution in [0.1, 0.15) is 4.88 Å². The molecule has 4 nitrogen and oxygen atoms in total. The monoisotopic (exact) mass is 243 g/mol. The van der Waals surface area contributed by atoms with E-state index in [1.54, 1.807) is 0 Å². The first-order chi connectivity index (χ1) is 7.04. The fourth-order valence-corrected chi connectivity index (χ4v) is 2.59. The van der Waals surface area contributed by atoms with Gasteiger partial charge >= 0.3 is 10.3 Å². The van der Waals surface area contributed by atoms with Crippen molar-refractivity contribution in [3.8, 4) is 0 Å². The minimum atomic E-state index is -3.85. The topological polar surface area (TPSA) is 69.4 Å². The van der Waals surface area contributed by atoms with Crippen LogP contribution in [-0.4, -0.2) is 8.42 Å². The van der Waals surface area contributed by atoms with Crippen LogP contribution in [0.25, 0.3) is 10.1 Å². The standard InChI is InChI=1S/C9H9NO3S2/c10-15(11,12)13-6-8-5-7-3-1-2-4-9(7)14-8/h1-5H,6H2,(H2,10,11,12). The highest BCUT2D eigenvalue weighted by Gasteiger charge is 2.06. The highest BCUT2D eigenvalue weighted by molar-refractivity contribution is 7.84. The molecule has 0 unspecified atom stereocenters. The SMILES string of the molecule is NS(=O)(=O)OCc1cc2ccccc2s1. The molecule has 2 rings (SSSR count). The van der Waals surface area contributed by atoms with Crippen molar-refractivity contribution in [3.05, 3.63) is 35.2 Å². The molecule has 0 amide bonds. The zero-order chi connectivity index (χ0) is 10.9. The molecule has 0 atom stereocenters. The quantitative estimate of drug-likeness (QED) is 0.890. The van der Waals surface area contributed by atoms with Crippen LogP contribution in [-0.2, 0) is 21.1 Å². The summed E-state index contributed by atoms with van der Waals surface area (Å²) in [5.41, 5.74) is 0. The Hall–Kier alpha value is -0.950. The fraction of sp³-hybridized carbons (Fsp3) is 0.111. The van der Waals surface area contributed by atoms with Crippen molar-refractivity contribution in [2.75, 3.05) is 0 Å². The predicted molar refractivity (Wildman–Crippen MR) is 59.7 cm³/mol. The summed E-state index contributed by atoms with van der Waals surface area (Å²) in [5, 5.41) is 5.81. The molecule has 0 spiro atoms. The number of thiophene rings is 1. The van der Waals surface area contributed by atoms with Gasteiger partial charge in [-0.1, -0.05) is 18.2 Å². The van der Waals surface area contributed by atoms with Gasteiger partial charge in [-0.15, -0.1) is 11.3 Å². The van der Waals surface area contributed by atoms with E-state index in [1.807, 2.05) is 30.3 Å². The van der Waals surface area contributed by atoms with Gasteiger partial charge < -0.3 is 0 Å². The lowest BCUT2D eigenvalue weighted by atomic mass is 10.2. The van der Waals surface area contributed by atoms with Crippen LogP contribution in [0.3, 0.4) is 0 Å². The first-order valence-electron chi connectivity index (χ1n) is 4.19. The lowest BCUT2D eigenvalue weighted by molar-refractivity contribution is 0.312. The van der Waals surface area contributed by atoms with Gasteiger partial charge in [0.25, 0.3) is 0 Å². The number of nitrogens with two attached hydrogens (primary N) is 1. The molecule has 1 aromatic heterocycles. The van der Waals surface area contributed by atoms with Crippen LogP contribution in [0.2, 0.25) is 0 Å². The van der Waals surface area contributed by atoms with Gasteiger partial charge in [-0.2, -0.15) is 8.42 Å². The second kappa shape index (κ2) is 3.90. The van der Waals surface area contributed by atoms with Gasteiger partial charge in [-0.05, 0) is 17.5 Å². The highest BCUT2D eigenvalue weighted by atomic mass is 32.2. The Bertz CT molecular complexity index is 541. The Kier molecular flexibility index (Phi) is 2.74. The number of hydrogen-bond acceptors (Lipinski definition) is 4. The summed E-state index contributed by atoms with van der Waals surface area (Å²) in [6, 6.07) is 9.69. The lowest BCUT2D eigenvalue weighted by Crippen LogP contribution is -2.15. The van der Waals surface area contributed by atoms with E-state index in [9.17, 15) is 8.42 Å². The van der Waals surface area contributed by atoms with Crippen LogP contribution in [0.5, 0.6) is 0 Å². The molecule has 80 valence electrons. The molecule has 6 heteroatoms. The molecular weight excluding hydrogens is 234 g/mol. The van der Waals surface area contributed by atoms with Crippen LogP contribution in [0.4, 0.5) is 0 Å². The molecule has 2 aromatic rings. The molecule has 2 N–H and O–H groups in total. The zero-order valence-corrected chi connectivity index (χ0v) is 9.35. The summed E-state index contributed by atoms with van der Waals surface area (Å²) >= 11 is 1.49. The summed E-state index contributed by atoms with van der Waals surface area (Å²) in [6.07, 6.45) is 0. The molecule has 1 aromatic carbocycles. The second-order valence-electron chi connectivity index (χ2n) is 3.01. The van der Waals surface area contributed by atoms with E-state index >= 15 is 0 Å². The third-order valence-electron chi connectivity index (χ3n) is 1.84. The van der Waals surface area contributed by atoms with Gasteiger partial charge in [-0.25, -0.2) is 5.14 Å². The van der Waals surface area contributed by atoms with Crippen molar-refractivity contribution in [1.29, 1.82) is 0 Å². The highest BCUT2D eigenvalue weighted by Crippen LogP contribution is 2.25. The third-order valence-corrected chi connectivity index (χ3v) is 3.38. The maximum absolute atomic E-state index is 10.6. The molecule has 0 aliphatic carbocycles. The van der Waals surface area contributed by atoms with E-state index in [-0.39, 0.29) is 6.61 Å². The van der Waals surface area contributed by atoms with E-state index in [1.165, 1.54) is 11.3 Å². The molecule has 1 heterocycles. The molecule has 0 saturated heterocycles. The largest absolute Gasteiger partial charge is 0.333 e. The number of benzene rings is 1. The van der Waals surface area contributed by atoms with E-state index < -0.39 is 10.3 Å². The van der Waals surface area contributed by atoms with Gasteiger partial charge in [0.1, 0.15) is 6.61 Å². The second-order valence-corrected chi connectivity index (χ2v) is 5.40. The molecule has 0 aliphatic rings. The predicted octanol–water partition coefficient (Wildman–Crippen LogP) is 1.62. The molecule has 15 heavy (non-hydrogen) atoms. The van der Waals surface area contributed by atoms with Crippen molar-refractivity contribution in [1.82, 2.24) is 0 Å². The van der Waals surface area contributed by atoms with Crippen molar-refractivity contribution in [2.24, 2.45) is 5.14 Å². The van der Waals surface area contributed by atoms with E-state index in [0.29, 0.717) is 0 Å². The number of rotatable bonds is 3. The Labute approximate surface area is 91.5 Å². The van der Waals surface area contributed by atoms with Crippen molar-refractivity contribution in [3.63, 3.8) is 0 Å². The summed E-state index contributed by atoms with van der Waals surface area (Å²) in [6.45, 7) is -0.00181. The molecule has 0 fully saturated rings. The maximum atomic E-state index is 10.6. The van der Waals surface area contributed by atoms with Crippen molar-refractivity contribution < 1.29 is 12.6 Å². The van der Waals surface area contributed by atoms with Gasteiger partial charge in [-0.3, -0.25) is 4.18 Å². The van der Waals surface area contributed by atoms with Gasteiger partial charge in [0.2, 0.25) is 0 Å². The first-order valence-corrected chi connectivity index (χ1v) is 6.48. The Morgan fingerprint density at radius 2 is 2.07 bits per heavy atom. The minimum absolute atomic E-state index is 0.00181. The normalized spacial score (nSPS) is 12.1. The van der Waals surface area contributed by atoms with Crippen molar-refractivity contribution >= 4 is 31.7 Å². The fourth-order valence-electron chi connectivity index (χ4n) is 1.25. The number of hydrogen-bond donors (Lipinski definition) is 1. The molecule has 0 bridgehead atoms. The van der Waals surface area contributed by atoms with Gasteiger partial charge in [0.15, 0.2) is 0 Å².